The van der Waals surface area contributed by atoms with Gasteiger partial charge in [0.05, 0.1) is 42.1 Å². The van der Waals surface area contributed by atoms with Crippen LogP contribution in [-0.2, 0) is 12.1 Å². The van der Waals surface area contributed by atoms with Gasteiger partial charge in [-0.25, -0.2) is 4.99 Å². The Labute approximate surface area is 178 Å². The topological polar surface area (TPSA) is 62.9 Å². The zero-order valence-corrected chi connectivity index (χ0v) is 18.6. The van der Waals surface area contributed by atoms with E-state index >= 15 is 0 Å². The van der Waals surface area contributed by atoms with Crippen molar-refractivity contribution in [2.45, 2.75) is 46.0 Å². The van der Waals surface area contributed by atoms with Gasteiger partial charge in [0.2, 0.25) is 5.60 Å². The zero-order chi connectivity index (χ0) is 22.9. The first-order chi connectivity index (χ1) is 13.9. The summed E-state index contributed by atoms with van der Waals surface area (Å²) in [6.45, 7) is 6.55. The number of aromatic nitrogens is 2. The van der Waals surface area contributed by atoms with E-state index in [1.165, 1.54) is 19.2 Å². The van der Waals surface area contributed by atoms with Crippen molar-refractivity contribution in [3.05, 3.63) is 39.7 Å². The number of rotatable bonds is 7. The van der Waals surface area contributed by atoms with Crippen LogP contribution in [0.15, 0.2) is 17.1 Å². The molecule has 0 spiro atoms. The highest BCUT2D eigenvalue weighted by Crippen LogP contribution is 2.46. The Kier molecular flexibility index (Phi) is 7.08. The fourth-order valence-corrected chi connectivity index (χ4v) is 3.06. The first-order valence-corrected chi connectivity index (χ1v) is 9.65. The van der Waals surface area contributed by atoms with Gasteiger partial charge in [-0.2, -0.15) is 18.3 Å². The Morgan fingerprint density at radius 3 is 2.40 bits per heavy atom. The molecule has 0 aliphatic heterocycles. The maximum atomic E-state index is 14.1. The maximum Gasteiger partial charge on any atom is 0.423 e. The zero-order valence-electron chi connectivity index (χ0n) is 17.8. The third-order valence-corrected chi connectivity index (χ3v) is 5.54. The molecule has 1 N–H and O–H groups in total. The summed E-state index contributed by atoms with van der Waals surface area (Å²) in [6, 6.07) is 2.63. The van der Waals surface area contributed by atoms with Gasteiger partial charge in [-0.05, 0) is 39.3 Å². The predicted octanol–water partition coefficient (Wildman–Crippen LogP) is 4.53. The van der Waals surface area contributed by atoms with Crippen LogP contribution in [0.1, 0.15) is 29.4 Å². The second kappa shape index (κ2) is 8.85. The molecule has 0 saturated carbocycles. The van der Waals surface area contributed by atoms with Crippen molar-refractivity contribution in [1.29, 1.82) is 0 Å². The van der Waals surface area contributed by atoms with E-state index in [4.69, 9.17) is 16.3 Å². The molecule has 1 unspecified atom stereocenters. The second-order valence-electron chi connectivity index (χ2n) is 7.16. The summed E-state index contributed by atoms with van der Waals surface area (Å²) in [5.74, 6) is -0.126. The normalized spacial score (nSPS) is 14.2. The van der Waals surface area contributed by atoms with Gasteiger partial charge in [0.15, 0.2) is 0 Å². The molecule has 10 heteroatoms. The van der Waals surface area contributed by atoms with Crippen LogP contribution >= 0.6 is 11.6 Å². The summed E-state index contributed by atoms with van der Waals surface area (Å²) in [5.41, 5.74) is -2.06. The number of aliphatic imine (C=N–C) groups is 1. The molecule has 1 aromatic carbocycles. The average Bonchev–Trinajstić information content (AvgIpc) is 2.91. The summed E-state index contributed by atoms with van der Waals surface area (Å²) in [5, 5.41) is 15.2. The number of benzene rings is 1. The number of nitrogens with zero attached hydrogens (tertiary/aromatic N) is 4. The minimum atomic E-state index is -5.00. The molecule has 0 saturated heterocycles. The van der Waals surface area contributed by atoms with Crippen molar-refractivity contribution in [3.8, 4) is 5.75 Å². The molecule has 0 aliphatic rings. The van der Waals surface area contributed by atoms with Gasteiger partial charge in [-0.1, -0.05) is 11.6 Å². The molecule has 0 radical (unpaired) electrons. The van der Waals surface area contributed by atoms with Crippen LogP contribution in [-0.4, -0.2) is 53.0 Å². The number of aliphatic hydroxyl groups is 1. The fraction of sp³-hybridized carbons (Fsp3) is 0.500. The number of hydrogen-bond acceptors (Lipinski definition) is 4. The second-order valence-corrected chi connectivity index (χ2v) is 7.54. The molecule has 2 aromatic rings. The first-order valence-electron chi connectivity index (χ1n) is 9.27. The van der Waals surface area contributed by atoms with E-state index in [-0.39, 0.29) is 10.8 Å². The van der Waals surface area contributed by atoms with Crippen molar-refractivity contribution >= 4 is 23.6 Å². The van der Waals surface area contributed by atoms with Crippen molar-refractivity contribution in [2.75, 3.05) is 20.7 Å². The van der Waals surface area contributed by atoms with E-state index in [2.05, 4.69) is 10.1 Å². The molecule has 166 valence electrons. The number of ether oxygens (including phenoxy) is 1. The Morgan fingerprint density at radius 2 is 1.93 bits per heavy atom. The van der Waals surface area contributed by atoms with Crippen molar-refractivity contribution in [3.63, 3.8) is 0 Å². The molecule has 6 nitrogen and oxygen atoms in total. The highest BCUT2D eigenvalue weighted by molar-refractivity contribution is 6.31. The summed E-state index contributed by atoms with van der Waals surface area (Å²) in [4.78, 5) is 6.12. The lowest BCUT2D eigenvalue weighted by Gasteiger charge is -2.32. The van der Waals surface area contributed by atoms with Gasteiger partial charge >= 0.3 is 6.18 Å². The van der Waals surface area contributed by atoms with Crippen molar-refractivity contribution in [2.24, 2.45) is 4.99 Å². The van der Waals surface area contributed by atoms with E-state index in [0.717, 1.165) is 11.2 Å². The van der Waals surface area contributed by atoms with E-state index in [1.807, 2.05) is 18.9 Å². The molecule has 2 rings (SSSR count). The molecular weight excluding hydrogens is 421 g/mol. The minimum absolute atomic E-state index is 0.126. The van der Waals surface area contributed by atoms with Crippen LogP contribution in [0.25, 0.3) is 0 Å². The molecular formula is C20H26ClF3N4O2. The van der Waals surface area contributed by atoms with Gasteiger partial charge < -0.3 is 14.7 Å². The molecule has 1 aromatic heterocycles. The summed E-state index contributed by atoms with van der Waals surface area (Å²) in [7, 11) is 3.07. The highest BCUT2D eigenvalue weighted by Gasteiger charge is 2.57. The van der Waals surface area contributed by atoms with Gasteiger partial charge in [0, 0.05) is 25.2 Å². The Bertz CT molecular complexity index is 943. The SMILES string of the molecule is CCN(C)C=Nc1cc(OC)c(C(O)(Cn2nc(C)c(Cl)c2C)C(F)(F)F)cc1C. The smallest absolute Gasteiger partial charge is 0.423 e. The van der Waals surface area contributed by atoms with E-state index < -0.39 is 23.9 Å². The van der Waals surface area contributed by atoms with E-state index in [9.17, 15) is 18.3 Å². The van der Waals surface area contributed by atoms with Gasteiger partial charge in [0.25, 0.3) is 0 Å². The lowest BCUT2D eigenvalue weighted by atomic mass is 9.90. The van der Waals surface area contributed by atoms with E-state index in [0.29, 0.717) is 22.6 Å². The number of methoxy groups -OCH3 is 1. The van der Waals surface area contributed by atoms with Gasteiger partial charge in [-0.15, -0.1) is 0 Å². The maximum absolute atomic E-state index is 14.1. The Morgan fingerprint density at radius 1 is 1.30 bits per heavy atom. The van der Waals surface area contributed by atoms with E-state index in [1.54, 1.807) is 27.1 Å². The van der Waals surface area contributed by atoms with Crippen LogP contribution < -0.4 is 4.74 Å². The van der Waals surface area contributed by atoms with Crippen molar-refractivity contribution in [1.82, 2.24) is 14.7 Å². The van der Waals surface area contributed by atoms with Gasteiger partial charge in [-0.3, -0.25) is 4.68 Å². The third kappa shape index (κ3) is 4.57. The highest BCUT2D eigenvalue weighted by atomic mass is 35.5. The number of halogens is 4. The predicted molar refractivity (Wildman–Crippen MR) is 111 cm³/mol. The number of hydrogen-bond donors (Lipinski definition) is 1. The van der Waals surface area contributed by atoms with Gasteiger partial charge in [0.1, 0.15) is 5.75 Å². The molecule has 0 amide bonds. The molecule has 1 atom stereocenters. The molecule has 30 heavy (non-hydrogen) atoms. The number of alkyl halides is 3. The van der Waals surface area contributed by atoms with Crippen LogP contribution in [0, 0.1) is 20.8 Å². The third-order valence-electron chi connectivity index (χ3n) is 5.00. The largest absolute Gasteiger partial charge is 0.496 e. The standard InChI is InChI=1S/C20H26ClF3N4O2/c1-7-27(5)11-25-16-9-17(30-6)15(8-12(16)2)19(29,20(22,23)24)10-28-14(4)18(21)13(3)26-28/h8-9,11,29H,7,10H2,1-6H3. The quantitative estimate of drug-likeness (QED) is 0.501. The Balaban J connectivity index is 2.63. The summed E-state index contributed by atoms with van der Waals surface area (Å²) in [6.07, 6.45) is -3.42. The van der Waals surface area contributed by atoms with Crippen LogP contribution in [0.3, 0.4) is 0 Å². The molecule has 0 aliphatic carbocycles. The average molecular weight is 447 g/mol. The number of aryl methyl sites for hydroxylation is 2. The first kappa shape index (κ1) is 24.0. The van der Waals surface area contributed by atoms with Crippen LogP contribution in [0.4, 0.5) is 18.9 Å². The minimum Gasteiger partial charge on any atom is -0.496 e. The molecule has 0 fully saturated rings. The van der Waals surface area contributed by atoms with Crippen LogP contribution in [0.2, 0.25) is 5.02 Å². The summed E-state index contributed by atoms with van der Waals surface area (Å²) >= 11 is 6.07. The van der Waals surface area contributed by atoms with Crippen LogP contribution in [0.5, 0.6) is 5.75 Å². The lowest BCUT2D eigenvalue weighted by Crippen LogP contribution is -2.46. The fourth-order valence-electron chi connectivity index (χ4n) is 2.92. The monoisotopic (exact) mass is 446 g/mol. The molecule has 0 bridgehead atoms. The van der Waals surface area contributed by atoms with Crippen molar-refractivity contribution < 1.29 is 23.0 Å². The lowest BCUT2D eigenvalue weighted by molar-refractivity contribution is -0.273. The summed E-state index contributed by atoms with van der Waals surface area (Å²) < 4.78 is 48.7. The molecule has 1 heterocycles. The Hall–Kier alpha value is -2.26.